The van der Waals surface area contributed by atoms with Gasteiger partial charge in [-0.2, -0.15) is 0 Å². The van der Waals surface area contributed by atoms with Crippen molar-refractivity contribution in [3.63, 3.8) is 0 Å². The van der Waals surface area contributed by atoms with E-state index < -0.39 is 58.0 Å². The summed E-state index contributed by atoms with van der Waals surface area (Å²) in [5.41, 5.74) is 1.78. The van der Waals surface area contributed by atoms with E-state index in [1.54, 1.807) is 14.1 Å². The number of ketones is 2. The molecule has 1 fully saturated rings. The average molecular weight is 404 g/mol. The minimum Gasteiger partial charge on any atom is -0.508 e. The zero-order valence-electron chi connectivity index (χ0n) is 16.2. The number of carbonyl (C=O) groups excluding carboxylic acids is 3. The number of nitrogens with zero attached hydrogens (tertiary/aromatic N) is 1. The van der Waals surface area contributed by atoms with E-state index in [2.05, 4.69) is 6.58 Å². The first-order chi connectivity index (χ1) is 13.5. The van der Waals surface area contributed by atoms with Crippen molar-refractivity contribution in [2.45, 2.75) is 30.9 Å². The lowest BCUT2D eigenvalue weighted by Gasteiger charge is -2.50. The minimum absolute atomic E-state index is 0.106. The highest BCUT2D eigenvalue weighted by atomic mass is 16.3. The molecule has 9 nitrogen and oxygen atoms in total. The second kappa shape index (κ2) is 6.85. The highest BCUT2D eigenvalue weighted by molar-refractivity contribution is 6.24. The molecular weight excluding hydrogens is 380 g/mol. The monoisotopic (exact) mass is 404 g/mol. The van der Waals surface area contributed by atoms with Gasteiger partial charge in [-0.1, -0.05) is 6.58 Å². The smallest absolute Gasteiger partial charge is 0.255 e. The van der Waals surface area contributed by atoms with Gasteiger partial charge in [0.05, 0.1) is 6.04 Å². The van der Waals surface area contributed by atoms with Gasteiger partial charge in [-0.3, -0.25) is 19.3 Å². The van der Waals surface area contributed by atoms with Gasteiger partial charge in [0.25, 0.3) is 5.91 Å². The molecule has 9 heteroatoms. The quantitative estimate of drug-likeness (QED) is 0.332. The first kappa shape index (κ1) is 20.8. The van der Waals surface area contributed by atoms with E-state index in [-0.39, 0.29) is 29.7 Å². The highest BCUT2D eigenvalue weighted by Gasteiger charge is 2.63. The molecule has 0 spiro atoms. The van der Waals surface area contributed by atoms with Gasteiger partial charge in [-0.05, 0) is 45.4 Å². The van der Waals surface area contributed by atoms with Crippen LogP contribution in [-0.4, -0.2) is 68.5 Å². The van der Waals surface area contributed by atoms with Crippen LogP contribution < -0.4 is 5.73 Å². The third-order valence-corrected chi connectivity index (χ3v) is 6.16. The van der Waals surface area contributed by atoms with Gasteiger partial charge >= 0.3 is 0 Å². The second-order valence-corrected chi connectivity index (χ2v) is 7.86. The molecule has 0 bridgehead atoms. The number of aliphatic hydroxyl groups excluding tert-OH is 3. The SMILES string of the molecule is C=C/C(O)=C1\CC[C@H]2C[C@H]3[C@H](N(C)C)C(=O)C(C(N)=O)=C(O)[C@@]3(O)C(=O)C2=C1O. The van der Waals surface area contributed by atoms with Crippen molar-refractivity contribution >= 4 is 17.5 Å². The molecule has 1 amide bonds. The molecule has 0 radical (unpaired) electrons. The van der Waals surface area contributed by atoms with Crippen molar-refractivity contribution in [1.82, 2.24) is 4.90 Å². The van der Waals surface area contributed by atoms with Crippen molar-refractivity contribution in [3.05, 3.63) is 46.7 Å². The van der Waals surface area contributed by atoms with Gasteiger partial charge in [-0.25, -0.2) is 0 Å². The van der Waals surface area contributed by atoms with Crippen LogP contribution >= 0.6 is 0 Å². The third kappa shape index (κ3) is 2.72. The zero-order chi connectivity index (χ0) is 21.8. The maximum absolute atomic E-state index is 13.4. The molecule has 4 atom stereocenters. The Morgan fingerprint density at radius 3 is 2.45 bits per heavy atom. The summed E-state index contributed by atoms with van der Waals surface area (Å²) in [5, 5.41) is 42.6. The van der Waals surface area contributed by atoms with E-state index in [0.717, 1.165) is 6.08 Å². The number of rotatable bonds is 3. The Morgan fingerprint density at radius 1 is 1.31 bits per heavy atom. The normalized spacial score (nSPS) is 34.1. The molecule has 0 aliphatic heterocycles. The predicted molar refractivity (Wildman–Crippen MR) is 102 cm³/mol. The lowest BCUT2D eigenvalue weighted by Crippen LogP contribution is -2.65. The number of Topliss-reactive ketones (excluding diaryl/α,β-unsaturated/α-hetero) is 2. The Balaban J connectivity index is 2.29. The van der Waals surface area contributed by atoms with E-state index in [1.165, 1.54) is 4.90 Å². The van der Waals surface area contributed by atoms with Crippen LogP contribution in [0.15, 0.2) is 46.7 Å². The molecule has 0 unspecified atom stereocenters. The fraction of sp³-hybridized carbons (Fsp3) is 0.450. The molecule has 0 saturated heterocycles. The number of likely N-dealkylation sites (N-methyl/N-ethyl adjacent to an activating group) is 1. The van der Waals surface area contributed by atoms with E-state index >= 15 is 0 Å². The summed E-state index contributed by atoms with van der Waals surface area (Å²) in [4.78, 5) is 39.5. The average Bonchev–Trinajstić information content (AvgIpc) is 2.63. The number of allylic oxidation sites excluding steroid dienone is 2. The van der Waals surface area contributed by atoms with E-state index in [9.17, 15) is 34.8 Å². The van der Waals surface area contributed by atoms with Gasteiger partial charge < -0.3 is 26.2 Å². The predicted octanol–water partition coefficient (Wildman–Crippen LogP) is 0.337. The number of amides is 1. The summed E-state index contributed by atoms with van der Waals surface area (Å²) in [7, 11) is 3.11. The molecule has 156 valence electrons. The number of carbonyl (C=O) groups is 3. The van der Waals surface area contributed by atoms with Gasteiger partial charge in [0, 0.05) is 17.1 Å². The van der Waals surface area contributed by atoms with Crippen LogP contribution in [0.4, 0.5) is 0 Å². The Hall–Kier alpha value is -2.91. The van der Waals surface area contributed by atoms with Crippen molar-refractivity contribution in [2.75, 3.05) is 14.1 Å². The molecule has 0 aromatic carbocycles. The maximum atomic E-state index is 13.4. The molecule has 29 heavy (non-hydrogen) atoms. The topological polar surface area (TPSA) is 161 Å². The van der Waals surface area contributed by atoms with Crippen LogP contribution in [0.1, 0.15) is 19.3 Å². The molecule has 3 rings (SSSR count). The Bertz CT molecular complexity index is 927. The summed E-state index contributed by atoms with van der Waals surface area (Å²) < 4.78 is 0. The van der Waals surface area contributed by atoms with Gasteiger partial charge in [0.15, 0.2) is 11.4 Å². The zero-order valence-corrected chi connectivity index (χ0v) is 16.2. The molecule has 1 saturated carbocycles. The standard InChI is InChI=1S/C20H24N2O7/c1-4-11(23)9-6-5-8-7-10-14(22(2)3)16(25)13(19(21)28)18(27)20(10,29)17(26)12(8)15(9)24/h4,8,10,14,23-24,27,29H,1,5-7H2,2-3H3,(H2,21,28)/b11-9-/t8-,10-,14-,20-/m0/s1. The number of primary amides is 1. The van der Waals surface area contributed by atoms with Gasteiger partial charge in [0.2, 0.25) is 5.78 Å². The number of nitrogens with two attached hydrogens (primary N) is 1. The lowest BCUT2D eigenvalue weighted by molar-refractivity contribution is -0.154. The Kier molecular flexibility index (Phi) is 4.92. The second-order valence-electron chi connectivity index (χ2n) is 7.86. The van der Waals surface area contributed by atoms with Crippen LogP contribution in [0.3, 0.4) is 0 Å². The van der Waals surface area contributed by atoms with E-state index in [0.29, 0.717) is 6.42 Å². The van der Waals surface area contributed by atoms with Gasteiger partial charge in [-0.15, -0.1) is 0 Å². The number of fused-ring (bicyclic) bond motifs is 2. The number of hydrogen-bond acceptors (Lipinski definition) is 8. The number of aliphatic hydroxyl groups is 4. The lowest BCUT2D eigenvalue weighted by atomic mass is 9.57. The first-order valence-corrected chi connectivity index (χ1v) is 9.17. The maximum Gasteiger partial charge on any atom is 0.255 e. The minimum atomic E-state index is -2.60. The summed E-state index contributed by atoms with van der Waals surface area (Å²) in [6.07, 6.45) is 1.88. The molecular formula is C20H24N2O7. The molecule has 0 aromatic rings. The molecule has 0 heterocycles. The largest absolute Gasteiger partial charge is 0.508 e. The summed E-state index contributed by atoms with van der Waals surface area (Å²) in [6, 6.07) is -1.07. The molecule has 0 aromatic heterocycles. The van der Waals surface area contributed by atoms with Crippen LogP contribution in [0, 0.1) is 11.8 Å². The fourth-order valence-electron chi connectivity index (χ4n) is 4.80. The molecule has 3 aliphatic rings. The summed E-state index contributed by atoms with van der Waals surface area (Å²) >= 11 is 0. The van der Waals surface area contributed by atoms with Gasteiger partial charge in [0.1, 0.15) is 22.9 Å². The highest BCUT2D eigenvalue weighted by Crippen LogP contribution is 2.51. The van der Waals surface area contributed by atoms with Crippen molar-refractivity contribution in [2.24, 2.45) is 17.6 Å². The van der Waals surface area contributed by atoms with Crippen LogP contribution in [-0.2, 0) is 14.4 Å². The van der Waals surface area contributed by atoms with E-state index in [1.807, 2.05) is 0 Å². The Morgan fingerprint density at radius 2 is 1.93 bits per heavy atom. The van der Waals surface area contributed by atoms with Crippen LogP contribution in [0.5, 0.6) is 0 Å². The van der Waals surface area contributed by atoms with Crippen LogP contribution in [0.2, 0.25) is 0 Å². The van der Waals surface area contributed by atoms with Crippen molar-refractivity contribution in [3.8, 4) is 0 Å². The first-order valence-electron chi connectivity index (χ1n) is 9.17. The van der Waals surface area contributed by atoms with E-state index in [4.69, 9.17) is 5.73 Å². The van der Waals surface area contributed by atoms with Crippen molar-refractivity contribution < 1.29 is 34.8 Å². The van der Waals surface area contributed by atoms with Crippen LogP contribution in [0.25, 0.3) is 0 Å². The molecule has 6 N–H and O–H groups in total. The fourth-order valence-corrected chi connectivity index (χ4v) is 4.80. The number of hydrogen-bond donors (Lipinski definition) is 5. The summed E-state index contributed by atoms with van der Waals surface area (Å²) in [5.74, 6) is -6.44. The molecule has 3 aliphatic carbocycles. The third-order valence-electron chi connectivity index (χ3n) is 6.16. The Labute approximate surface area is 167 Å². The van der Waals surface area contributed by atoms with Crippen molar-refractivity contribution in [1.29, 1.82) is 0 Å². The summed E-state index contributed by atoms with van der Waals surface area (Å²) in [6.45, 7) is 3.43.